The highest BCUT2D eigenvalue weighted by Crippen LogP contribution is 2.29. The number of nitrogens with one attached hydrogen (secondary N) is 1. The van der Waals surface area contributed by atoms with E-state index in [0.717, 1.165) is 30.3 Å². The Morgan fingerprint density at radius 3 is 2.65 bits per heavy atom. The predicted molar refractivity (Wildman–Crippen MR) is 88.0 cm³/mol. The molecule has 2 aliphatic rings. The minimum absolute atomic E-state index is 0.815. The van der Waals surface area contributed by atoms with Gasteiger partial charge in [-0.25, -0.2) is 0 Å². The Labute approximate surface area is 126 Å². The molecule has 118 valence electrons. The molecular weight excluding hydrogens is 244 g/mol. The number of nitrogens with zero attached hydrogens (tertiary/aromatic N) is 1. The molecule has 0 aromatic carbocycles. The molecule has 3 unspecified atom stereocenters. The molecule has 2 fully saturated rings. The van der Waals surface area contributed by atoms with E-state index in [9.17, 15) is 0 Å². The number of rotatable bonds is 6. The Balaban J connectivity index is 1.71. The number of hydrogen-bond acceptors (Lipinski definition) is 2. The summed E-state index contributed by atoms with van der Waals surface area (Å²) < 4.78 is 0. The van der Waals surface area contributed by atoms with Gasteiger partial charge in [0.05, 0.1) is 0 Å². The Hall–Kier alpha value is -0.0800. The van der Waals surface area contributed by atoms with Gasteiger partial charge in [-0.05, 0) is 82.5 Å². The van der Waals surface area contributed by atoms with Crippen LogP contribution in [0.1, 0.15) is 65.7 Å². The van der Waals surface area contributed by atoms with Crippen LogP contribution in [0.15, 0.2) is 0 Å². The summed E-state index contributed by atoms with van der Waals surface area (Å²) in [5.74, 6) is 2.79. The lowest BCUT2D eigenvalue weighted by atomic mass is 9.89. The van der Waals surface area contributed by atoms with Crippen molar-refractivity contribution in [3.8, 4) is 0 Å². The Morgan fingerprint density at radius 2 is 1.90 bits per heavy atom. The Morgan fingerprint density at radius 1 is 1.05 bits per heavy atom. The lowest BCUT2D eigenvalue weighted by Gasteiger charge is -2.25. The lowest BCUT2D eigenvalue weighted by Crippen LogP contribution is -2.35. The monoisotopic (exact) mass is 280 g/mol. The first-order chi connectivity index (χ1) is 9.70. The fraction of sp³-hybridized carbons (Fsp3) is 1.00. The molecule has 1 aliphatic carbocycles. The molecule has 1 saturated carbocycles. The van der Waals surface area contributed by atoms with E-state index in [1.165, 1.54) is 64.6 Å². The maximum atomic E-state index is 3.70. The molecule has 1 saturated heterocycles. The van der Waals surface area contributed by atoms with Crippen molar-refractivity contribution >= 4 is 0 Å². The van der Waals surface area contributed by atoms with Crippen LogP contribution >= 0.6 is 0 Å². The minimum atomic E-state index is 0.815. The second-order valence-electron chi connectivity index (χ2n) is 7.42. The van der Waals surface area contributed by atoms with Crippen LogP contribution in [0.5, 0.6) is 0 Å². The van der Waals surface area contributed by atoms with Crippen LogP contribution in [0.4, 0.5) is 0 Å². The molecule has 2 nitrogen and oxygen atoms in total. The van der Waals surface area contributed by atoms with Crippen LogP contribution in [0.25, 0.3) is 0 Å². The summed E-state index contributed by atoms with van der Waals surface area (Å²) >= 11 is 0. The van der Waals surface area contributed by atoms with Gasteiger partial charge in [0.1, 0.15) is 0 Å². The fourth-order valence-electron chi connectivity index (χ4n) is 4.33. The highest BCUT2D eigenvalue weighted by Gasteiger charge is 2.27. The van der Waals surface area contributed by atoms with Gasteiger partial charge in [0.15, 0.2) is 0 Å². The molecule has 2 heteroatoms. The number of likely N-dealkylation sites (tertiary alicyclic amines) is 1. The molecule has 0 radical (unpaired) electrons. The largest absolute Gasteiger partial charge is 0.314 e. The second kappa shape index (κ2) is 8.38. The maximum absolute atomic E-state index is 3.70. The van der Waals surface area contributed by atoms with E-state index in [1.54, 1.807) is 0 Å². The smallest absolute Gasteiger partial charge is 0.00956 e. The normalized spacial score (nSPS) is 32.7. The third-order valence-corrected chi connectivity index (χ3v) is 5.75. The first-order valence-electron chi connectivity index (χ1n) is 9.16. The fourth-order valence-corrected chi connectivity index (χ4v) is 4.33. The van der Waals surface area contributed by atoms with E-state index in [1.807, 2.05) is 0 Å². The molecule has 1 aliphatic heterocycles. The number of hydrogen-bond donors (Lipinski definition) is 1. The Bertz CT molecular complexity index is 264. The van der Waals surface area contributed by atoms with Gasteiger partial charge in [-0.2, -0.15) is 0 Å². The van der Waals surface area contributed by atoms with E-state index in [4.69, 9.17) is 0 Å². The van der Waals surface area contributed by atoms with Gasteiger partial charge >= 0.3 is 0 Å². The summed E-state index contributed by atoms with van der Waals surface area (Å²) in [6, 6.07) is 0.815. The summed E-state index contributed by atoms with van der Waals surface area (Å²) in [5, 5.41) is 3.70. The van der Waals surface area contributed by atoms with E-state index < -0.39 is 0 Å². The van der Waals surface area contributed by atoms with Gasteiger partial charge in [-0.3, -0.25) is 0 Å². The van der Waals surface area contributed by atoms with Gasteiger partial charge in [-0.1, -0.05) is 27.2 Å². The molecule has 0 spiro atoms. The molecule has 0 bridgehead atoms. The molecule has 0 amide bonds. The van der Waals surface area contributed by atoms with Gasteiger partial charge < -0.3 is 10.2 Å². The average molecular weight is 281 g/mol. The van der Waals surface area contributed by atoms with E-state index in [2.05, 4.69) is 31.0 Å². The maximum Gasteiger partial charge on any atom is 0.00956 e. The van der Waals surface area contributed by atoms with E-state index >= 15 is 0 Å². The third kappa shape index (κ3) is 4.73. The molecule has 2 rings (SSSR count). The van der Waals surface area contributed by atoms with Crippen molar-refractivity contribution in [1.29, 1.82) is 0 Å². The summed E-state index contributed by atoms with van der Waals surface area (Å²) in [5.41, 5.74) is 0. The zero-order valence-electron chi connectivity index (χ0n) is 14.0. The van der Waals surface area contributed by atoms with Gasteiger partial charge in [0.25, 0.3) is 0 Å². The van der Waals surface area contributed by atoms with Crippen molar-refractivity contribution in [3.05, 3.63) is 0 Å². The van der Waals surface area contributed by atoms with Gasteiger partial charge in [0.2, 0.25) is 0 Å². The topological polar surface area (TPSA) is 15.3 Å². The first kappa shape index (κ1) is 16.3. The summed E-state index contributed by atoms with van der Waals surface area (Å²) in [6.45, 7) is 12.2. The zero-order chi connectivity index (χ0) is 14.4. The standard InChI is InChI=1S/C18H36N2/c1-4-19-18-9-5-7-17(18)11-14-20-12-6-8-16(10-13-20)15(2)3/h15-19H,4-14H2,1-3H3. The molecule has 0 aromatic rings. The molecule has 1 heterocycles. The van der Waals surface area contributed by atoms with Crippen molar-refractivity contribution in [2.45, 2.75) is 71.8 Å². The van der Waals surface area contributed by atoms with Crippen LogP contribution in [0.3, 0.4) is 0 Å². The van der Waals surface area contributed by atoms with E-state index in [0.29, 0.717) is 0 Å². The van der Waals surface area contributed by atoms with Gasteiger partial charge in [0, 0.05) is 6.04 Å². The highest BCUT2D eigenvalue weighted by atomic mass is 15.1. The van der Waals surface area contributed by atoms with Crippen LogP contribution < -0.4 is 5.32 Å². The first-order valence-corrected chi connectivity index (χ1v) is 9.16. The van der Waals surface area contributed by atoms with E-state index in [-0.39, 0.29) is 0 Å². The summed E-state index contributed by atoms with van der Waals surface area (Å²) in [7, 11) is 0. The van der Waals surface area contributed by atoms with Crippen LogP contribution in [-0.2, 0) is 0 Å². The summed E-state index contributed by atoms with van der Waals surface area (Å²) in [4.78, 5) is 2.75. The van der Waals surface area contributed by atoms with Crippen molar-refractivity contribution in [2.75, 3.05) is 26.2 Å². The van der Waals surface area contributed by atoms with Crippen LogP contribution in [0.2, 0.25) is 0 Å². The van der Waals surface area contributed by atoms with Crippen LogP contribution in [0, 0.1) is 17.8 Å². The highest BCUT2D eigenvalue weighted by molar-refractivity contribution is 4.84. The van der Waals surface area contributed by atoms with Crippen molar-refractivity contribution < 1.29 is 0 Å². The summed E-state index contributed by atoms with van der Waals surface area (Å²) in [6.07, 6.45) is 10.0. The zero-order valence-corrected chi connectivity index (χ0v) is 14.0. The predicted octanol–water partition coefficient (Wildman–Crippen LogP) is 3.91. The van der Waals surface area contributed by atoms with Crippen molar-refractivity contribution in [1.82, 2.24) is 10.2 Å². The lowest BCUT2D eigenvalue weighted by molar-refractivity contribution is 0.242. The second-order valence-corrected chi connectivity index (χ2v) is 7.42. The van der Waals surface area contributed by atoms with Crippen molar-refractivity contribution in [3.63, 3.8) is 0 Å². The van der Waals surface area contributed by atoms with Crippen molar-refractivity contribution in [2.24, 2.45) is 17.8 Å². The van der Waals surface area contributed by atoms with Gasteiger partial charge in [-0.15, -0.1) is 0 Å². The Kier molecular flexibility index (Phi) is 6.83. The third-order valence-electron chi connectivity index (χ3n) is 5.75. The quantitative estimate of drug-likeness (QED) is 0.793. The molecule has 0 aromatic heterocycles. The minimum Gasteiger partial charge on any atom is -0.314 e. The van der Waals surface area contributed by atoms with Crippen LogP contribution in [-0.4, -0.2) is 37.1 Å². The average Bonchev–Trinajstić information content (AvgIpc) is 2.72. The molecule has 3 atom stereocenters. The molecule has 1 N–H and O–H groups in total. The SMILES string of the molecule is CCNC1CCCC1CCN1CCCC(C(C)C)CC1. The molecule has 20 heavy (non-hydrogen) atoms. The molecular formula is C18H36N2.